The average molecular weight is 314 g/mol. The summed E-state index contributed by atoms with van der Waals surface area (Å²) >= 11 is 0. The maximum atomic E-state index is 12.7. The molecule has 122 valence electrons. The molecule has 4 bridgehead atoms. The number of carbonyl (C=O) groups excluding carboxylic acids is 1. The Hall–Kier alpha value is -0.280. The Morgan fingerprint density at radius 1 is 1.05 bits per heavy atom. The van der Waals surface area contributed by atoms with Crippen LogP contribution in [-0.2, 0) is 4.79 Å². The Kier molecular flexibility index (Phi) is 5.59. The Balaban J connectivity index is 0.00000161. The molecule has 0 spiro atoms. The van der Waals surface area contributed by atoms with Gasteiger partial charge in [-0.1, -0.05) is 13.8 Å². The van der Waals surface area contributed by atoms with Crippen LogP contribution in [0.3, 0.4) is 0 Å². The molecule has 4 aliphatic rings. The number of likely N-dealkylation sites (N-methyl/N-ethyl adjacent to an activating group) is 1. The van der Waals surface area contributed by atoms with Gasteiger partial charge in [0.2, 0.25) is 5.91 Å². The molecule has 0 heterocycles. The molecule has 21 heavy (non-hydrogen) atoms. The molecule has 1 N–H and O–H groups in total. The van der Waals surface area contributed by atoms with Crippen LogP contribution in [0.15, 0.2) is 0 Å². The second kappa shape index (κ2) is 6.87. The van der Waals surface area contributed by atoms with E-state index in [1.54, 1.807) is 0 Å². The minimum absolute atomic E-state index is 0. The van der Waals surface area contributed by atoms with E-state index in [-0.39, 0.29) is 17.8 Å². The SMILES string of the molecule is CCN(CC)CCNC(=O)C12CC3CC(CC(C3)C1)C2.[Cl-]. The van der Waals surface area contributed by atoms with Crippen molar-refractivity contribution in [3.05, 3.63) is 0 Å². The molecule has 0 unspecified atom stereocenters. The molecule has 3 nitrogen and oxygen atoms in total. The molecule has 0 atom stereocenters. The first-order valence-electron chi connectivity index (χ1n) is 8.66. The number of amides is 1. The Bertz CT molecular complexity index is 333. The van der Waals surface area contributed by atoms with Gasteiger partial charge in [-0.2, -0.15) is 0 Å². The van der Waals surface area contributed by atoms with E-state index in [2.05, 4.69) is 24.1 Å². The highest BCUT2D eigenvalue weighted by Gasteiger charge is 2.54. The third kappa shape index (κ3) is 3.39. The van der Waals surface area contributed by atoms with Crippen molar-refractivity contribution in [3.8, 4) is 0 Å². The van der Waals surface area contributed by atoms with Crippen molar-refractivity contribution in [1.82, 2.24) is 10.2 Å². The summed E-state index contributed by atoms with van der Waals surface area (Å²) in [5.74, 6) is 2.95. The number of hydrogen-bond donors (Lipinski definition) is 1. The molecule has 4 saturated carbocycles. The summed E-state index contributed by atoms with van der Waals surface area (Å²) < 4.78 is 0. The van der Waals surface area contributed by atoms with Gasteiger partial charge in [0.25, 0.3) is 0 Å². The third-order valence-electron chi connectivity index (χ3n) is 6.13. The zero-order valence-electron chi connectivity index (χ0n) is 13.5. The lowest BCUT2D eigenvalue weighted by atomic mass is 9.49. The highest BCUT2D eigenvalue weighted by molar-refractivity contribution is 5.83. The number of carbonyl (C=O) groups is 1. The lowest BCUT2D eigenvalue weighted by Gasteiger charge is -2.55. The van der Waals surface area contributed by atoms with Crippen LogP contribution in [0.4, 0.5) is 0 Å². The smallest absolute Gasteiger partial charge is 0.226 e. The summed E-state index contributed by atoms with van der Waals surface area (Å²) in [7, 11) is 0. The van der Waals surface area contributed by atoms with E-state index in [1.165, 1.54) is 38.5 Å². The maximum absolute atomic E-state index is 12.7. The van der Waals surface area contributed by atoms with Crippen molar-refractivity contribution in [2.24, 2.45) is 23.2 Å². The van der Waals surface area contributed by atoms with E-state index >= 15 is 0 Å². The van der Waals surface area contributed by atoms with Crippen LogP contribution in [0.2, 0.25) is 0 Å². The molecule has 0 aromatic carbocycles. The largest absolute Gasteiger partial charge is 1.00 e. The Morgan fingerprint density at radius 3 is 1.95 bits per heavy atom. The van der Waals surface area contributed by atoms with Crippen molar-refractivity contribution in [2.75, 3.05) is 26.2 Å². The highest BCUT2D eigenvalue weighted by atomic mass is 35.5. The van der Waals surface area contributed by atoms with Crippen LogP contribution in [0.25, 0.3) is 0 Å². The summed E-state index contributed by atoms with van der Waals surface area (Å²) in [6.45, 7) is 8.33. The second-order valence-corrected chi connectivity index (χ2v) is 7.48. The number of hydrogen-bond acceptors (Lipinski definition) is 2. The molecule has 0 radical (unpaired) electrons. The van der Waals surface area contributed by atoms with Crippen molar-refractivity contribution in [1.29, 1.82) is 0 Å². The first-order chi connectivity index (χ1) is 9.65. The van der Waals surface area contributed by atoms with Gasteiger partial charge in [0.1, 0.15) is 0 Å². The molecular weight excluding hydrogens is 284 g/mol. The van der Waals surface area contributed by atoms with Gasteiger partial charge < -0.3 is 22.6 Å². The number of nitrogens with zero attached hydrogens (tertiary/aromatic N) is 1. The quantitative estimate of drug-likeness (QED) is 0.728. The summed E-state index contributed by atoms with van der Waals surface area (Å²) in [4.78, 5) is 15.1. The Labute approximate surface area is 135 Å². The standard InChI is InChI=1S/C17H30N2O.ClH/c1-3-19(4-2)6-5-18-16(20)17-10-13-7-14(11-17)9-15(8-13)12-17;/h13-15H,3-12H2,1-2H3,(H,18,20);1H/p-1. The fourth-order valence-corrected chi connectivity index (χ4v) is 5.44. The van der Waals surface area contributed by atoms with E-state index in [1.807, 2.05) is 0 Å². The van der Waals surface area contributed by atoms with Crippen molar-refractivity contribution < 1.29 is 17.2 Å². The van der Waals surface area contributed by atoms with Crippen LogP contribution in [0, 0.1) is 23.2 Å². The van der Waals surface area contributed by atoms with Gasteiger partial charge >= 0.3 is 0 Å². The fraction of sp³-hybridized carbons (Fsp3) is 0.941. The van der Waals surface area contributed by atoms with Gasteiger partial charge in [-0.15, -0.1) is 0 Å². The fourth-order valence-electron chi connectivity index (χ4n) is 5.44. The normalized spacial score (nSPS) is 36.6. The summed E-state index contributed by atoms with van der Waals surface area (Å²) in [5, 5.41) is 3.26. The van der Waals surface area contributed by atoms with Crippen molar-refractivity contribution >= 4 is 5.91 Å². The molecule has 0 aromatic heterocycles. The maximum Gasteiger partial charge on any atom is 0.226 e. The van der Waals surface area contributed by atoms with Gasteiger partial charge in [0.15, 0.2) is 0 Å². The number of rotatable bonds is 6. The zero-order valence-corrected chi connectivity index (χ0v) is 14.3. The summed E-state index contributed by atoms with van der Waals surface area (Å²) in [6, 6.07) is 0. The van der Waals surface area contributed by atoms with Gasteiger partial charge in [-0.25, -0.2) is 0 Å². The topological polar surface area (TPSA) is 32.3 Å². The first-order valence-corrected chi connectivity index (χ1v) is 8.66. The summed E-state index contributed by atoms with van der Waals surface area (Å²) in [6.07, 6.45) is 7.76. The van der Waals surface area contributed by atoms with Crippen molar-refractivity contribution in [2.45, 2.75) is 52.4 Å². The summed E-state index contributed by atoms with van der Waals surface area (Å²) in [5.41, 5.74) is 0.0258. The van der Waals surface area contributed by atoms with Crippen LogP contribution in [0.1, 0.15) is 52.4 Å². The molecule has 0 aromatic rings. The third-order valence-corrected chi connectivity index (χ3v) is 6.13. The Morgan fingerprint density at radius 2 is 1.52 bits per heavy atom. The molecule has 4 fully saturated rings. The van der Waals surface area contributed by atoms with Gasteiger partial charge in [-0.3, -0.25) is 4.79 Å². The van der Waals surface area contributed by atoms with Crippen LogP contribution < -0.4 is 17.7 Å². The average Bonchev–Trinajstić information content (AvgIpc) is 2.42. The number of nitrogens with one attached hydrogen (secondary N) is 1. The highest BCUT2D eigenvalue weighted by Crippen LogP contribution is 2.60. The van der Waals surface area contributed by atoms with Crippen LogP contribution in [0.5, 0.6) is 0 Å². The van der Waals surface area contributed by atoms with E-state index in [4.69, 9.17) is 0 Å². The van der Waals surface area contributed by atoms with E-state index in [9.17, 15) is 4.79 Å². The molecule has 0 saturated heterocycles. The first kappa shape index (κ1) is 17.1. The van der Waals surface area contributed by atoms with E-state index in [0.29, 0.717) is 5.91 Å². The lowest BCUT2D eigenvalue weighted by Crippen LogP contribution is -3.00. The van der Waals surface area contributed by atoms with E-state index < -0.39 is 0 Å². The zero-order chi connectivity index (χ0) is 14.2. The monoisotopic (exact) mass is 313 g/mol. The predicted octanol–water partition coefficient (Wildman–Crippen LogP) is -0.335. The molecule has 0 aliphatic heterocycles. The molecular formula is C17H30ClN2O-. The van der Waals surface area contributed by atoms with Gasteiger partial charge in [0.05, 0.1) is 0 Å². The van der Waals surface area contributed by atoms with Crippen molar-refractivity contribution in [3.63, 3.8) is 0 Å². The van der Waals surface area contributed by atoms with Gasteiger partial charge in [-0.05, 0) is 69.4 Å². The van der Waals surface area contributed by atoms with Crippen LogP contribution >= 0.6 is 0 Å². The molecule has 4 heteroatoms. The lowest BCUT2D eigenvalue weighted by molar-refractivity contribution is -0.146. The van der Waals surface area contributed by atoms with E-state index in [0.717, 1.165) is 43.9 Å². The predicted molar refractivity (Wildman–Crippen MR) is 81.4 cm³/mol. The second-order valence-electron chi connectivity index (χ2n) is 7.48. The minimum Gasteiger partial charge on any atom is -1.00 e. The molecule has 1 amide bonds. The molecule has 4 aliphatic carbocycles. The number of halogens is 1. The van der Waals surface area contributed by atoms with Crippen LogP contribution in [-0.4, -0.2) is 37.0 Å². The van der Waals surface area contributed by atoms with Gasteiger partial charge in [0, 0.05) is 18.5 Å². The minimum atomic E-state index is 0. The molecule has 4 rings (SSSR count).